The van der Waals surface area contributed by atoms with Gasteiger partial charge in [0.25, 0.3) is 0 Å². The molecule has 158 valence electrons. The minimum Gasteiger partial charge on any atom is -0.347 e. The van der Waals surface area contributed by atoms with Crippen LogP contribution >= 0.6 is 11.3 Å². The Hall–Kier alpha value is -3.73. The van der Waals surface area contributed by atoms with E-state index < -0.39 is 29.1 Å². The second kappa shape index (κ2) is 8.56. The molecule has 2 amide bonds. The zero-order chi connectivity index (χ0) is 22.0. The van der Waals surface area contributed by atoms with Gasteiger partial charge in [-0.3, -0.25) is 9.59 Å². The number of hydrogen-bond donors (Lipinski definition) is 2. The molecule has 4 aromatic rings. The molecule has 2 heterocycles. The van der Waals surface area contributed by atoms with Gasteiger partial charge in [-0.2, -0.15) is 4.98 Å². The van der Waals surface area contributed by atoms with Gasteiger partial charge in [-0.15, -0.1) is 16.4 Å². The van der Waals surface area contributed by atoms with Crippen LogP contribution in [-0.2, 0) is 16.0 Å². The van der Waals surface area contributed by atoms with E-state index in [2.05, 4.69) is 15.4 Å². The number of amides is 2. The summed E-state index contributed by atoms with van der Waals surface area (Å²) in [7, 11) is 0. The van der Waals surface area contributed by atoms with E-state index >= 15 is 0 Å². The summed E-state index contributed by atoms with van der Waals surface area (Å²) in [4.78, 5) is 28.9. The smallest absolute Gasteiger partial charge is 0.313 e. The van der Waals surface area contributed by atoms with Crippen LogP contribution in [-0.4, -0.2) is 33.0 Å². The zero-order valence-corrected chi connectivity index (χ0v) is 16.5. The first-order chi connectivity index (χ1) is 14.9. The minimum atomic E-state index is -1.11. The SMILES string of the molecule is O=C(NCCc1csc2nc(-c3ccc(F)cc3)nn12)C(=O)Nc1cc(F)ccc1F. The summed E-state index contributed by atoms with van der Waals surface area (Å²) in [6.07, 6.45) is 0.347. The quantitative estimate of drug-likeness (QED) is 0.462. The lowest BCUT2D eigenvalue weighted by atomic mass is 10.2. The molecule has 0 atom stereocenters. The number of carbonyl (C=O) groups is 2. The van der Waals surface area contributed by atoms with Crippen molar-refractivity contribution in [2.45, 2.75) is 6.42 Å². The molecule has 2 aromatic carbocycles. The number of nitrogens with zero attached hydrogens (tertiary/aromatic N) is 3. The number of halogens is 3. The van der Waals surface area contributed by atoms with E-state index in [1.807, 2.05) is 10.7 Å². The number of anilines is 1. The molecular formula is C20H14F3N5O2S. The van der Waals surface area contributed by atoms with E-state index in [0.29, 0.717) is 22.8 Å². The van der Waals surface area contributed by atoms with Crippen LogP contribution in [0.4, 0.5) is 18.9 Å². The van der Waals surface area contributed by atoms with Gasteiger partial charge in [0, 0.05) is 30.0 Å². The standard InChI is InChI=1S/C20H14F3N5O2S/c21-12-3-1-11(2-4-12)17-26-20-28(27-17)14(10-31-20)7-8-24-18(29)19(30)25-16-9-13(22)5-6-15(16)23/h1-6,9-10H,7-8H2,(H,24,29)(H,25,30). The van der Waals surface area contributed by atoms with Crippen molar-refractivity contribution in [2.75, 3.05) is 11.9 Å². The van der Waals surface area contributed by atoms with Gasteiger partial charge >= 0.3 is 11.8 Å². The Morgan fingerprint density at radius 3 is 2.52 bits per heavy atom. The molecule has 0 spiro atoms. The van der Waals surface area contributed by atoms with Crippen molar-refractivity contribution in [3.05, 3.63) is 71.0 Å². The third kappa shape index (κ3) is 4.56. The Labute approximate surface area is 177 Å². The van der Waals surface area contributed by atoms with Crippen LogP contribution in [0.5, 0.6) is 0 Å². The molecule has 0 saturated heterocycles. The topological polar surface area (TPSA) is 88.4 Å². The van der Waals surface area contributed by atoms with Gasteiger partial charge in [0.15, 0.2) is 5.82 Å². The van der Waals surface area contributed by atoms with Crippen LogP contribution in [0.1, 0.15) is 5.69 Å². The Kier molecular flexibility index (Phi) is 5.67. The predicted molar refractivity (Wildman–Crippen MR) is 108 cm³/mol. The maximum atomic E-state index is 13.6. The molecule has 2 aromatic heterocycles. The summed E-state index contributed by atoms with van der Waals surface area (Å²) >= 11 is 1.35. The number of rotatable bonds is 5. The Morgan fingerprint density at radius 2 is 1.74 bits per heavy atom. The first-order valence-corrected chi connectivity index (χ1v) is 9.92. The van der Waals surface area contributed by atoms with E-state index in [0.717, 1.165) is 23.9 Å². The van der Waals surface area contributed by atoms with E-state index in [1.54, 1.807) is 16.6 Å². The molecule has 0 aliphatic heterocycles. The lowest BCUT2D eigenvalue weighted by Gasteiger charge is -2.07. The van der Waals surface area contributed by atoms with Crippen molar-refractivity contribution in [1.82, 2.24) is 19.9 Å². The predicted octanol–water partition coefficient (Wildman–Crippen LogP) is 3.17. The van der Waals surface area contributed by atoms with Gasteiger partial charge in [-0.25, -0.2) is 17.7 Å². The van der Waals surface area contributed by atoms with Crippen molar-refractivity contribution < 1.29 is 22.8 Å². The summed E-state index contributed by atoms with van der Waals surface area (Å²) < 4.78 is 41.4. The van der Waals surface area contributed by atoms with Gasteiger partial charge in [-0.1, -0.05) is 0 Å². The number of nitrogens with one attached hydrogen (secondary N) is 2. The van der Waals surface area contributed by atoms with Gasteiger partial charge in [0.1, 0.15) is 17.5 Å². The second-order valence-corrected chi connectivity index (χ2v) is 7.28. The van der Waals surface area contributed by atoms with E-state index in [1.165, 1.54) is 23.5 Å². The van der Waals surface area contributed by atoms with E-state index in [9.17, 15) is 22.8 Å². The molecule has 0 radical (unpaired) electrons. The summed E-state index contributed by atoms with van der Waals surface area (Å²) in [6.45, 7) is 0.107. The summed E-state index contributed by atoms with van der Waals surface area (Å²) in [6, 6.07) is 8.33. The fourth-order valence-corrected chi connectivity index (χ4v) is 3.63. The van der Waals surface area contributed by atoms with Crippen LogP contribution in [0, 0.1) is 17.5 Å². The van der Waals surface area contributed by atoms with Crippen LogP contribution in [0.3, 0.4) is 0 Å². The number of aromatic nitrogens is 3. The van der Waals surface area contributed by atoms with Crippen molar-refractivity contribution in [1.29, 1.82) is 0 Å². The van der Waals surface area contributed by atoms with Crippen LogP contribution < -0.4 is 10.6 Å². The highest BCUT2D eigenvalue weighted by Crippen LogP contribution is 2.21. The summed E-state index contributed by atoms with van der Waals surface area (Å²) in [5.74, 6) is -3.61. The van der Waals surface area contributed by atoms with Crippen LogP contribution in [0.15, 0.2) is 47.8 Å². The molecule has 0 saturated carbocycles. The molecular weight excluding hydrogens is 431 g/mol. The number of fused-ring (bicyclic) bond motifs is 1. The number of thiazole rings is 1. The Bertz CT molecular complexity index is 1270. The summed E-state index contributed by atoms with van der Waals surface area (Å²) in [5, 5.41) is 10.7. The zero-order valence-electron chi connectivity index (χ0n) is 15.7. The third-order valence-corrected chi connectivity index (χ3v) is 5.17. The molecule has 2 N–H and O–H groups in total. The average Bonchev–Trinajstić information content (AvgIpc) is 3.33. The van der Waals surface area contributed by atoms with Gasteiger partial charge in [0.05, 0.1) is 11.4 Å². The molecule has 0 bridgehead atoms. The molecule has 7 nitrogen and oxygen atoms in total. The lowest BCUT2D eigenvalue weighted by Crippen LogP contribution is -2.36. The lowest BCUT2D eigenvalue weighted by molar-refractivity contribution is -0.136. The van der Waals surface area contributed by atoms with Crippen molar-refractivity contribution in [2.24, 2.45) is 0 Å². The van der Waals surface area contributed by atoms with E-state index in [4.69, 9.17) is 0 Å². The monoisotopic (exact) mass is 445 g/mol. The maximum Gasteiger partial charge on any atom is 0.313 e. The fraction of sp³-hybridized carbons (Fsp3) is 0.100. The van der Waals surface area contributed by atoms with Gasteiger partial charge < -0.3 is 10.6 Å². The van der Waals surface area contributed by atoms with Crippen molar-refractivity contribution >= 4 is 33.8 Å². The van der Waals surface area contributed by atoms with Crippen molar-refractivity contribution in [3.8, 4) is 11.4 Å². The van der Waals surface area contributed by atoms with Gasteiger partial charge in [0.2, 0.25) is 4.96 Å². The van der Waals surface area contributed by atoms with Crippen LogP contribution in [0.2, 0.25) is 0 Å². The highest BCUT2D eigenvalue weighted by molar-refractivity contribution is 7.15. The molecule has 0 aliphatic rings. The number of carbonyl (C=O) groups excluding carboxylic acids is 2. The molecule has 4 rings (SSSR count). The largest absolute Gasteiger partial charge is 0.347 e. The number of benzene rings is 2. The molecule has 0 aliphatic carbocycles. The van der Waals surface area contributed by atoms with E-state index in [-0.39, 0.29) is 12.4 Å². The highest BCUT2D eigenvalue weighted by atomic mass is 32.1. The first-order valence-electron chi connectivity index (χ1n) is 9.04. The molecule has 31 heavy (non-hydrogen) atoms. The Morgan fingerprint density at radius 1 is 1.00 bits per heavy atom. The third-order valence-electron chi connectivity index (χ3n) is 4.30. The minimum absolute atomic E-state index is 0.107. The maximum absolute atomic E-state index is 13.6. The fourth-order valence-electron chi connectivity index (χ4n) is 2.77. The average molecular weight is 445 g/mol. The van der Waals surface area contributed by atoms with Crippen LogP contribution in [0.25, 0.3) is 16.3 Å². The van der Waals surface area contributed by atoms with Crippen molar-refractivity contribution in [3.63, 3.8) is 0 Å². The molecule has 0 fully saturated rings. The normalized spacial score (nSPS) is 10.9. The Balaban J connectivity index is 1.37. The molecule has 0 unspecified atom stereocenters. The highest BCUT2D eigenvalue weighted by Gasteiger charge is 2.17. The number of hydrogen-bond acceptors (Lipinski definition) is 5. The molecule has 11 heteroatoms. The second-order valence-electron chi connectivity index (χ2n) is 6.45. The van der Waals surface area contributed by atoms with Gasteiger partial charge in [-0.05, 0) is 36.4 Å². The summed E-state index contributed by atoms with van der Waals surface area (Å²) in [5.41, 5.74) is 0.992. The first kappa shape index (κ1) is 20.5.